The minimum Gasteiger partial charge on any atom is -0.492 e. The highest BCUT2D eigenvalue weighted by Crippen LogP contribution is 2.29. The number of anilines is 3. The fourth-order valence-corrected chi connectivity index (χ4v) is 4.24. The van der Waals surface area contributed by atoms with Crippen LogP contribution in [0.3, 0.4) is 0 Å². The Morgan fingerprint density at radius 3 is 2.39 bits per heavy atom. The molecule has 0 saturated carbocycles. The molecule has 0 unspecified atom stereocenters. The normalized spacial score (nSPS) is 11.7. The predicted molar refractivity (Wildman–Crippen MR) is 131 cm³/mol. The number of aliphatic carboxylic acids is 1. The maximum Gasteiger partial charge on any atom is 0.404 e. The highest BCUT2D eigenvalue weighted by atomic mass is 32.2. The monoisotopic (exact) mass is 556 g/mol. The second-order valence-corrected chi connectivity index (χ2v) is 9.67. The van der Waals surface area contributed by atoms with Gasteiger partial charge in [0.2, 0.25) is 10.0 Å². The molecular formula is C22H23F3N6O6S. The number of hydrogen-bond donors (Lipinski definition) is 5. The second kappa shape index (κ2) is 11.8. The van der Waals surface area contributed by atoms with Crippen molar-refractivity contribution in [1.82, 2.24) is 15.2 Å². The van der Waals surface area contributed by atoms with Gasteiger partial charge in [-0.3, -0.25) is 19.4 Å². The number of pyridine rings is 1. The number of hydrogen-bond acceptors (Lipinski definition) is 8. The Hall–Kier alpha value is -4.34. The Morgan fingerprint density at radius 2 is 1.82 bits per heavy atom. The lowest BCUT2D eigenvalue weighted by atomic mass is 10.1. The number of carboxylic acids is 1. The zero-order valence-electron chi connectivity index (χ0n) is 19.6. The van der Waals surface area contributed by atoms with Crippen LogP contribution in [0.25, 0.3) is 11.3 Å². The van der Waals surface area contributed by atoms with Crippen LogP contribution in [0.4, 0.5) is 30.5 Å². The van der Waals surface area contributed by atoms with Crippen LogP contribution in [0.2, 0.25) is 0 Å². The summed E-state index contributed by atoms with van der Waals surface area (Å²) in [6, 6.07) is 8.37. The number of nitrogens with one attached hydrogen (secondary N) is 3. The summed E-state index contributed by atoms with van der Waals surface area (Å²) in [5, 5.41) is 18.2. The number of benzene rings is 1. The number of carboxylic acid groups (broad SMARTS) is 1. The third kappa shape index (κ3) is 8.36. The van der Waals surface area contributed by atoms with E-state index in [0.29, 0.717) is 36.6 Å². The number of nitrogens with two attached hydrogens (primary N) is 1. The zero-order valence-corrected chi connectivity index (χ0v) is 20.4. The van der Waals surface area contributed by atoms with Gasteiger partial charge in [0.05, 0.1) is 18.5 Å². The number of unbranched alkanes of at least 4 members (excludes halogenated alkanes) is 1. The van der Waals surface area contributed by atoms with E-state index in [0.717, 1.165) is 0 Å². The number of ether oxygens (including phenoxy) is 1. The van der Waals surface area contributed by atoms with Crippen LogP contribution in [0, 0.1) is 0 Å². The molecule has 0 aliphatic heterocycles. The molecule has 0 atom stereocenters. The number of rotatable bonds is 13. The average Bonchev–Trinajstić information content (AvgIpc) is 3.22. The summed E-state index contributed by atoms with van der Waals surface area (Å²) in [4.78, 5) is 26.9. The maximum atomic E-state index is 12.4. The number of alkyl halides is 3. The molecule has 12 nitrogen and oxygen atoms in total. The van der Waals surface area contributed by atoms with Crippen molar-refractivity contribution >= 4 is 39.2 Å². The molecule has 2 aromatic heterocycles. The molecule has 0 aliphatic carbocycles. The summed E-state index contributed by atoms with van der Waals surface area (Å²) in [6.07, 6.45) is -2.37. The Bertz CT molecular complexity index is 1380. The molecule has 0 aliphatic rings. The van der Waals surface area contributed by atoms with E-state index in [1.807, 2.05) is 4.72 Å². The van der Waals surface area contributed by atoms with Gasteiger partial charge in [-0.15, -0.1) is 0 Å². The van der Waals surface area contributed by atoms with Crippen molar-refractivity contribution in [1.29, 1.82) is 0 Å². The molecule has 0 fully saturated rings. The van der Waals surface area contributed by atoms with Gasteiger partial charge in [-0.05, 0) is 37.1 Å². The number of nitrogens with zero attached hydrogens (tertiary/aromatic N) is 2. The molecule has 16 heteroatoms. The SMILES string of the molecule is NC(=O)c1c(Nc2ccc(OCCCCC(=O)O)cn2)n[nH]c1-c1ccc(NS(=O)(=O)CC(F)(F)F)cc1. The molecule has 0 radical (unpaired) electrons. The van der Waals surface area contributed by atoms with E-state index in [1.54, 1.807) is 12.1 Å². The molecule has 0 saturated heterocycles. The van der Waals surface area contributed by atoms with Crippen LogP contribution in [0.5, 0.6) is 5.75 Å². The lowest BCUT2D eigenvalue weighted by Crippen LogP contribution is -2.27. The Balaban J connectivity index is 1.68. The summed E-state index contributed by atoms with van der Waals surface area (Å²) in [5.41, 5.74) is 5.94. The van der Waals surface area contributed by atoms with E-state index in [4.69, 9.17) is 15.6 Å². The van der Waals surface area contributed by atoms with Gasteiger partial charge >= 0.3 is 12.1 Å². The Labute approximate surface area is 214 Å². The molecule has 204 valence electrons. The van der Waals surface area contributed by atoms with Gasteiger partial charge in [0.25, 0.3) is 5.91 Å². The third-order valence-electron chi connectivity index (χ3n) is 4.85. The predicted octanol–water partition coefficient (Wildman–Crippen LogP) is 3.25. The van der Waals surface area contributed by atoms with E-state index < -0.39 is 33.8 Å². The van der Waals surface area contributed by atoms with Gasteiger partial charge in [0.15, 0.2) is 11.6 Å². The second-order valence-electron chi connectivity index (χ2n) is 7.94. The first kappa shape index (κ1) is 28.2. The molecule has 38 heavy (non-hydrogen) atoms. The molecule has 0 bridgehead atoms. The van der Waals surface area contributed by atoms with E-state index in [1.165, 1.54) is 30.5 Å². The maximum absolute atomic E-state index is 12.4. The van der Waals surface area contributed by atoms with Crippen molar-refractivity contribution in [3.05, 3.63) is 48.2 Å². The third-order valence-corrected chi connectivity index (χ3v) is 6.10. The van der Waals surface area contributed by atoms with Crippen molar-refractivity contribution in [2.24, 2.45) is 5.73 Å². The van der Waals surface area contributed by atoms with E-state index >= 15 is 0 Å². The molecule has 1 amide bonds. The van der Waals surface area contributed by atoms with E-state index in [2.05, 4.69) is 20.5 Å². The van der Waals surface area contributed by atoms with Crippen molar-refractivity contribution in [3.63, 3.8) is 0 Å². The summed E-state index contributed by atoms with van der Waals surface area (Å²) >= 11 is 0. The molecule has 2 heterocycles. The first-order chi connectivity index (χ1) is 17.8. The zero-order chi connectivity index (χ0) is 27.9. The molecule has 3 aromatic rings. The molecule has 6 N–H and O–H groups in total. The minimum absolute atomic E-state index is 0.0315. The summed E-state index contributed by atoms with van der Waals surface area (Å²) < 4.78 is 68.0. The smallest absolute Gasteiger partial charge is 0.404 e. The van der Waals surface area contributed by atoms with Crippen LogP contribution in [-0.4, -0.2) is 59.1 Å². The number of halogens is 3. The van der Waals surface area contributed by atoms with Crippen molar-refractivity contribution in [2.45, 2.75) is 25.4 Å². The van der Waals surface area contributed by atoms with Gasteiger partial charge in [-0.25, -0.2) is 13.4 Å². The number of sulfonamides is 1. The fourth-order valence-electron chi connectivity index (χ4n) is 3.25. The van der Waals surface area contributed by atoms with Crippen LogP contribution < -0.4 is 20.5 Å². The molecule has 1 aromatic carbocycles. The summed E-state index contributed by atoms with van der Waals surface area (Å²) in [5.74, 6) is -2.93. The van der Waals surface area contributed by atoms with E-state index in [9.17, 15) is 31.2 Å². The average molecular weight is 557 g/mol. The molecular weight excluding hydrogens is 533 g/mol. The van der Waals surface area contributed by atoms with Gasteiger partial charge in [0.1, 0.15) is 17.1 Å². The highest BCUT2D eigenvalue weighted by molar-refractivity contribution is 7.92. The lowest BCUT2D eigenvalue weighted by molar-refractivity contribution is -0.137. The standard InChI is InChI=1S/C22H23F3N6O6S/c23-22(24,25)12-38(35,36)31-14-6-4-13(5-7-14)19-18(20(26)34)21(30-29-19)28-16-9-8-15(11-27-16)37-10-2-1-3-17(32)33/h4-9,11,31H,1-3,10,12H2,(H2,26,34)(H,32,33)(H2,27,28,29,30). The number of H-pyrrole nitrogens is 1. The van der Waals surface area contributed by atoms with Crippen LogP contribution in [-0.2, 0) is 14.8 Å². The topological polar surface area (TPSA) is 189 Å². The van der Waals surface area contributed by atoms with Crippen LogP contribution in [0.15, 0.2) is 42.6 Å². The number of primary amides is 1. The van der Waals surface area contributed by atoms with Gasteiger partial charge in [-0.2, -0.15) is 18.3 Å². The number of carbonyl (C=O) groups is 2. The molecule has 3 rings (SSSR count). The van der Waals surface area contributed by atoms with E-state index in [-0.39, 0.29) is 29.2 Å². The Morgan fingerprint density at radius 1 is 1.11 bits per heavy atom. The quantitative estimate of drug-likeness (QED) is 0.197. The van der Waals surface area contributed by atoms with Crippen molar-refractivity contribution in [2.75, 3.05) is 22.4 Å². The summed E-state index contributed by atoms with van der Waals surface area (Å²) in [6.45, 7) is 0.318. The highest BCUT2D eigenvalue weighted by Gasteiger charge is 2.35. The summed E-state index contributed by atoms with van der Waals surface area (Å²) in [7, 11) is -4.65. The largest absolute Gasteiger partial charge is 0.492 e. The first-order valence-electron chi connectivity index (χ1n) is 11.0. The molecule has 0 spiro atoms. The lowest BCUT2D eigenvalue weighted by Gasteiger charge is -2.11. The van der Waals surface area contributed by atoms with Crippen molar-refractivity contribution in [3.8, 4) is 17.0 Å². The number of carbonyl (C=O) groups excluding carboxylic acids is 1. The van der Waals surface area contributed by atoms with Crippen LogP contribution >= 0.6 is 0 Å². The fraction of sp³-hybridized carbons (Fsp3) is 0.273. The van der Waals surface area contributed by atoms with Crippen LogP contribution in [0.1, 0.15) is 29.6 Å². The minimum atomic E-state index is -4.90. The van der Waals surface area contributed by atoms with Gasteiger partial charge in [0, 0.05) is 17.7 Å². The van der Waals surface area contributed by atoms with Gasteiger partial charge in [-0.1, -0.05) is 12.1 Å². The number of amides is 1. The number of aromatic amines is 1. The first-order valence-corrected chi connectivity index (χ1v) is 12.6. The van der Waals surface area contributed by atoms with Gasteiger partial charge < -0.3 is 20.9 Å². The van der Waals surface area contributed by atoms with Crippen molar-refractivity contribution < 1.29 is 41.0 Å². The Kier molecular flexibility index (Phi) is 8.77. The number of aromatic nitrogens is 3.